The van der Waals surface area contributed by atoms with E-state index in [1.165, 1.54) is 6.08 Å². The van der Waals surface area contributed by atoms with E-state index in [4.69, 9.17) is 10.5 Å². The van der Waals surface area contributed by atoms with Gasteiger partial charge in [-0.2, -0.15) is 4.90 Å². The van der Waals surface area contributed by atoms with E-state index in [9.17, 15) is 29.1 Å². The predicted molar refractivity (Wildman–Crippen MR) is 125 cm³/mol. The predicted octanol–water partition coefficient (Wildman–Crippen LogP) is 1.90. The molecule has 0 saturated carbocycles. The number of para-hydroxylation sites is 1. The van der Waals surface area contributed by atoms with Crippen molar-refractivity contribution in [2.45, 2.75) is 18.8 Å². The second kappa shape index (κ2) is 8.69. The van der Waals surface area contributed by atoms with Crippen LogP contribution in [0.25, 0.3) is 0 Å². The molecule has 1 aromatic carbocycles. The number of ketones is 2. The van der Waals surface area contributed by atoms with Crippen LogP contribution in [0.5, 0.6) is 5.75 Å². The van der Waals surface area contributed by atoms with Gasteiger partial charge in [-0.3, -0.25) is 19.2 Å². The number of aliphatic hydroxyl groups excluding tert-OH is 1. The van der Waals surface area contributed by atoms with Gasteiger partial charge in [0.05, 0.1) is 22.9 Å². The van der Waals surface area contributed by atoms with Gasteiger partial charge in [0, 0.05) is 28.7 Å². The van der Waals surface area contributed by atoms with Gasteiger partial charge in [-0.1, -0.05) is 29.8 Å². The van der Waals surface area contributed by atoms with Crippen LogP contribution >= 0.6 is 15.9 Å². The van der Waals surface area contributed by atoms with Crippen LogP contribution in [0.15, 0.2) is 57.6 Å². The lowest BCUT2D eigenvalue weighted by atomic mass is 9.59. The number of primary amides is 1. The molecule has 4 amide bonds. The van der Waals surface area contributed by atoms with Crippen molar-refractivity contribution in [1.29, 1.82) is 0 Å². The van der Waals surface area contributed by atoms with E-state index < -0.39 is 41.5 Å². The van der Waals surface area contributed by atoms with Crippen LogP contribution in [-0.2, 0) is 19.2 Å². The molecule has 1 aliphatic heterocycles. The highest BCUT2D eigenvalue weighted by molar-refractivity contribution is 9.12. The van der Waals surface area contributed by atoms with E-state index >= 15 is 0 Å². The molecular weight excluding hydrogens is 520 g/mol. The van der Waals surface area contributed by atoms with Gasteiger partial charge in [0.15, 0.2) is 11.6 Å². The van der Waals surface area contributed by atoms with E-state index in [-0.39, 0.29) is 47.7 Å². The van der Waals surface area contributed by atoms with Crippen LogP contribution in [0.4, 0.5) is 4.79 Å². The Balaban J connectivity index is 1.69. The molecule has 1 heterocycles. The van der Waals surface area contributed by atoms with Crippen molar-refractivity contribution < 1.29 is 33.8 Å². The number of likely N-dealkylation sites (tertiary alicyclic amines) is 1. The van der Waals surface area contributed by atoms with Gasteiger partial charge in [0.25, 0.3) is 0 Å². The molecular formula is C25H21BrN2O7. The summed E-state index contributed by atoms with van der Waals surface area (Å²) in [6, 6.07) is 5.89. The van der Waals surface area contributed by atoms with Crippen molar-refractivity contribution in [3.63, 3.8) is 0 Å². The van der Waals surface area contributed by atoms with Gasteiger partial charge in [0.1, 0.15) is 12.4 Å². The number of hydrogen-bond donors (Lipinski definition) is 2. The third-order valence-electron chi connectivity index (χ3n) is 7.13. The Kier molecular flexibility index (Phi) is 5.80. The molecule has 0 bridgehead atoms. The first-order valence-electron chi connectivity index (χ1n) is 11.1. The molecule has 0 unspecified atom stereocenters. The number of carbonyl (C=O) groups is 5. The van der Waals surface area contributed by atoms with Crippen LogP contribution in [0.1, 0.15) is 24.3 Å². The molecule has 1 fully saturated rings. The minimum Gasteiger partial charge on any atom is -0.491 e. The van der Waals surface area contributed by atoms with Crippen molar-refractivity contribution in [1.82, 2.24) is 4.90 Å². The number of rotatable bonds is 4. The molecule has 35 heavy (non-hydrogen) atoms. The molecule has 180 valence electrons. The molecule has 4 atom stereocenters. The number of imide groups is 3. The quantitative estimate of drug-likeness (QED) is 0.337. The Morgan fingerprint density at radius 3 is 2.60 bits per heavy atom. The first-order chi connectivity index (χ1) is 16.8. The minimum atomic E-state index is -1.12. The second-order valence-corrected chi connectivity index (χ2v) is 9.71. The highest BCUT2D eigenvalue weighted by Gasteiger charge is 2.57. The third-order valence-corrected chi connectivity index (χ3v) is 7.72. The smallest absolute Gasteiger partial charge is 0.328 e. The Hall–Kier alpha value is -3.37. The molecule has 3 aliphatic carbocycles. The number of nitrogens with zero attached hydrogens (tertiary/aromatic N) is 1. The van der Waals surface area contributed by atoms with Crippen molar-refractivity contribution in [3.8, 4) is 5.75 Å². The molecule has 5 rings (SSSR count). The molecule has 4 aliphatic rings. The van der Waals surface area contributed by atoms with E-state index in [1.807, 2.05) is 6.08 Å². The van der Waals surface area contributed by atoms with E-state index in [0.717, 1.165) is 5.57 Å². The number of allylic oxidation sites excluding steroid dienone is 6. The summed E-state index contributed by atoms with van der Waals surface area (Å²) in [5.41, 5.74) is 7.24. The molecule has 0 spiro atoms. The summed E-state index contributed by atoms with van der Waals surface area (Å²) in [4.78, 5) is 64.8. The number of nitrogens with two attached hydrogens (primary N) is 1. The number of Topliss-reactive ketones (excluding diaryl/α,β-unsaturated/α-hetero) is 1. The Bertz CT molecular complexity index is 1290. The van der Waals surface area contributed by atoms with Crippen LogP contribution in [0, 0.1) is 17.8 Å². The Morgan fingerprint density at radius 1 is 1.14 bits per heavy atom. The summed E-state index contributed by atoms with van der Waals surface area (Å²) in [7, 11) is 0. The summed E-state index contributed by atoms with van der Waals surface area (Å²) in [5, 5.41) is 9.27. The normalized spacial score (nSPS) is 27.8. The topological polar surface area (TPSA) is 144 Å². The van der Waals surface area contributed by atoms with Gasteiger partial charge >= 0.3 is 6.03 Å². The van der Waals surface area contributed by atoms with E-state index in [2.05, 4.69) is 15.9 Å². The zero-order chi connectivity index (χ0) is 25.0. The Morgan fingerprint density at radius 2 is 1.89 bits per heavy atom. The lowest BCUT2D eigenvalue weighted by Gasteiger charge is -2.42. The summed E-state index contributed by atoms with van der Waals surface area (Å²) in [6.45, 7) is -0.184. The monoisotopic (exact) mass is 540 g/mol. The van der Waals surface area contributed by atoms with Gasteiger partial charge < -0.3 is 15.6 Å². The number of halogens is 1. The molecule has 1 saturated heterocycles. The fourth-order valence-electron chi connectivity index (χ4n) is 5.79. The van der Waals surface area contributed by atoms with E-state index in [1.54, 1.807) is 24.3 Å². The van der Waals surface area contributed by atoms with Crippen molar-refractivity contribution in [3.05, 3.63) is 63.2 Å². The lowest BCUT2D eigenvalue weighted by molar-refractivity contribution is -0.136. The molecule has 1 aromatic rings. The molecule has 10 heteroatoms. The maximum atomic E-state index is 13.2. The maximum absolute atomic E-state index is 13.2. The highest BCUT2D eigenvalue weighted by Crippen LogP contribution is 2.56. The van der Waals surface area contributed by atoms with Gasteiger partial charge in [-0.05, 0) is 40.8 Å². The SMILES string of the molecule is NC(=O)N1C(=O)[C@H]2[C@H](CC=C3[C@H](c4ccccc4OCCO)C4=C(C[C@H]32)C(=O)C(Br)=CC4=O)C1=O. The number of hydrogen-bond acceptors (Lipinski definition) is 7. The maximum Gasteiger partial charge on any atom is 0.328 e. The highest BCUT2D eigenvalue weighted by atomic mass is 79.9. The molecule has 9 nitrogen and oxygen atoms in total. The molecule has 3 N–H and O–H groups in total. The van der Waals surface area contributed by atoms with E-state index in [0.29, 0.717) is 21.8 Å². The average Bonchev–Trinajstić information content (AvgIpc) is 3.10. The van der Waals surface area contributed by atoms with Gasteiger partial charge in [-0.25, -0.2) is 4.79 Å². The zero-order valence-corrected chi connectivity index (χ0v) is 20.0. The first kappa shape index (κ1) is 23.4. The third kappa shape index (κ3) is 3.51. The largest absolute Gasteiger partial charge is 0.491 e. The standard InChI is InChI=1S/C25H21BrN2O7/c26-16-10-17(30)21-15(22(16)31)9-14-11(19(21)12-3-1-2-4-18(12)35-8-7-29)5-6-13-20(14)24(33)28(23(13)32)25(27)34/h1-5,10,13-14,19-20,29H,6-9H2,(H2,27,34)/t13-,14+,19+,20-/m0/s1. The number of aliphatic hydroxyl groups is 1. The summed E-state index contributed by atoms with van der Waals surface area (Å²) >= 11 is 3.17. The number of ether oxygens (including phenoxy) is 1. The molecule has 0 radical (unpaired) electrons. The number of benzene rings is 1. The summed E-state index contributed by atoms with van der Waals surface area (Å²) in [6.07, 6.45) is 3.36. The van der Waals surface area contributed by atoms with Crippen molar-refractivity contribution in [2.24, 2.45) is 23.5 Å². The minimum absolute atomic E-state index is 0.0295. The van der Waals surface area contributed by atoms with Crippen LogP contribution in [0.2, 0.25) is 0 Å². The fourth-order valence-corrected chi connectivity index (χ4v) is 6.23. The van der Waals surface area contributed by atoms with Crippen LogP contribution in [-0.4, -0.2) is 52.6 Å². The van der Waals surface area contributed by atoms with Crippen LogP contribution < -0.4 is 10.5 Å². The zero-order valence-electron chi connectivity index (χ0n) is 18.4. The summed E-state index contributed by atoms with van der Waals surface area (Å²) in [5.74, 6) is -4.49. The first-order valence-corrected chi connectivity index (χ1v) is 11.9. The molecule has 0 aromatic heterocycles. The van der Waals surface area contributed by atoms with Crippen LogP contribution in [0.3, 0.4) is 0 Å². The van der Waals surface area contributed by atoms with Gasteiger partial charge in [0.2, 0.25) is 11.8 Å². The second-order valence-electron chi connectivity index (χ2n) is 8.85. The average molecular weight is 541 g/mol. The number of carbonyl (C=O) groups excluding carboxylic acids is 5. The number of amides is 4. The van der Waals surface area contributed by atoms with Gasteiger partial charge in [-0.15, -0.1) is 0 Å². The number of fused-ring (bicyclic) bond motifs is 3. The number of urea groups is 1. The lowest BCUT2D eigenvalue weighted by Crippen LogP contribution is -2.42. The van der Waals surface area contributed by atoms with Crippen molar-refractivity contribution in [2.75, 3.05) is 13.2 Å². The summed E-state index contributed by atoms with van der Waals surface area (Å²) < 4.78 is 5.87. The van der Waals surface area contributed by atoms with Crippen molar-refractivity contribution >= 4 is 45.3 Å². The fraction of sp³-hybridized carbons (Fsp3) is 0.320. The Labute approximate surface area is 208 Å².